The molecule has 3 aromatic rings. The van der Waals surface area contributed by atoms with Crippen LogP contribution < -0.4 is 5.32 Å². The molecule has 1 N–H and O–H groups in total. The van der Waals surface area contributed by atoms with E-state index in [1.54, 1.807) is 12.3 Å². The summed E-state index contributed by atoms with van der Waals surface area (Å²) in [6.45, 7) is 1.71. The maximum absolute atomic E-state index is 12.6. The van der Waals surface area contributed by atoms with Crippen LogP contribution in [-0.2, 0) is 15.8 Å². The number of carbonyl (C=O) groups excluding carboxylic acids is 1. The van der Waals surface area contributed by atoms with Gasteiger partial charge < -0.3 is 10.5 Å². The molecule has 7 nitrogen and oxygen atoms in total. The Hall–Kier alpha value is -3.50. The fourth-order valence-electron chi connectivity index (χ4n) is 3.99. The van der Waals surface area contributed by atoms with Gasteiger partial charge in [-0.1, -0.05) is 24.3 Å². The van der Waals surface area contributed by atoms with Crippen LogP contribution in [0.1, 0.15) is 36.9 Å². The van der Waals surface area contributed by atoms with E-state index in [0.717, 1.165) is 29.0 Å². The standard InChI is InChI=1S/C24H23F3N4O3/c1-16(32)34-31(33)12-10-19(11-13-31)17-2-4-18(5-3-17)20-6-9-23(29-14-20)30-21-7-8-22(28-15-21)24(25,26)27/h2-9,14-15,19H,10-13H2,1H3,(H,29,30). The molecule has 1 aliphatic heterocycles. The number of quaternary nitrogens is 1. The number of rotatable bonds is 5. The third-order valence-corrected chi connectivity index (χ3v) is 5.74. The summed E-state index contributed by atoms with van der Waals surface area (Å²) < 4.78 is 37.9. The van der Waals surface area contributed by atoms with Gasteiger partial charge in [0.1, 0.15) is 24.6 Å². The largest absolute Gasteiger partial charge is 0.589 e. The molecule has 10 heteroatoms. The van der Waals surface area contributed by atoms with Crippen LogP contribution in [0, 0.1) is 5.21 Å². The Morgan fingerprint density at radius 1 is 1.00 bits per heavy atom. The van der Waals surface area contributed by atoms with Gasteiger partial charge in [0.25, 0.3) is 0 Å². The summed E-state index contributed by atoms with van der Waals surface area (Å²) in [5.41, 5.74) is 2.42. The minimum Gasteiger partial charge on any atom is -0.589 e. The summed E-state index contributed by atoms with van der Waals surface area (Å²) >= 11 is 0. The molecule has 1 fully saturated rings. The zero-order valence-electron chi connectivity index (χ0n) is 18.4. The second-order valence-electron chi connectivity index (χ2n) is 8.23. The van der Waals surface area contributed by atoms with E-state index >= 15 is 0 Å². The monoisotopic (exact) mass is 472 g/mol. The van der Waals surface area contributed by atoms with Gasteiger partial charge in [0.05, 0.1) is 11.9 Å². The van der Waals surface area contributed by atoms with Gasteiger partial charge in [0.15, 0.2) is 0 Å². The Morgan fingerprint density at radius 2 is 1.68 bits per heavy atom. The highest BCUT2D eigenvalue weighted by molar-refractivity contribution is 5.66. The maximum Gasteiger partial charge on any atom is 0.433 e. The first-order chi connectivity index (χ1) is 16.1. The van der Waals surface area contributed by atoms with Gasteiger partial charge >= 0.3 is 12.1 Å². The first-order valence-corrected chi connectivity index (χ1v) is 10.8. The van der Waals surface area contributed by atoms with Crippen molar-refractivity contribution in [1.29, 1.82) is 0 Å². The first-order valence-electron chi connectivity index (χ1n) is 10.8. The van der Waals surface area contributed by atoms with Crippen LogP contribution in [0.25, 0.3) is 11.1 Å². The van der Waals surface area contributed by atoms with E-state index in [1.807, 2.05) is 30.3 Å². The van der Waals surface area contributed by atoms with Crippen LogP contribution in [-0.4, -0.2) is 33.8 Å². The third kappa shape index (κ3) is 5.70. The number of halogens is 3. The number of nitrogens with one attached hydrogen (secondary N) is 1. The molecule has 1 saturated heterocycles. The van der Waals surface area contributed by atoms with E-state index in [0.29, 0.717) is 24.3 Å². The van der Waals surface area contributed by atoms with E-state index in [-0.39, 0.29) is 19.0 Å². The highest BCUT2D eigenvalue weighted by atomic mass is 19.4. The molecule has 4 rings (SSSR count). The highest BCUT2D eigenvalue weighted by Gasteiger charge is 2.32. The van der Waals surface area contributed by atoms with Crippen LogP contribution in [0.5, 0.6) is 0 Å². The summed E-state index contributed by atoms with van der Waals surface area (Å²) in [6, 6.07) is 13.8. The zero-order chi connectivity index (χ0) is 24.3. The van der Waals surface area contributed by atoms with Crippen molar-refractivity contribution in [3.63, 3.8) is 0 Å². The van der Waals surface area contributed by atoms with E-state index in [4.69, 9.17) is 4.84 Å². The lowest BCUT2D eigenvalue weighted by Crippen LogP contribution is -2.48. The predicted molar refractivity (Wildman–Crippen MR) is 119 cm³/mol. The fourth-order valence-corrected chi connectivity index (χ4v) is 3.99. The lowest BCUT2D eigenvalue weighted by Gasteiger charge is -2.42. The van der Waals surface area contributed by atoms with Crippen molar-refractivity contribution in [2.24, 2.45) is 0 Å². The molecule has 2 aromatic heterocycles. The number of anilines is 2. The smallest absolute Gasteiger partial charge is 0.433 e. The van der Waals surface area contributed by atoms with Crippen LogP contribution >= 0.6 is 0 Å². The van der Waals surface area contributed by atoms with Gasteiger partial charge in [-0.15, -0.1) is 0 Å². The summed E-state index contributed by atoms with van der Waals surface area (Å²) in [5, 5.41) is 15.3. The van der Waals surface area contributed by atoms with Gasteiger partial charge in [0.2, 0.25) is 0 Å². The summed E-state index contributed by atoms with van der Waals surface area (Å²) in [5.74, 6) is 0.145. The molecule has 0 spiro atoms. The lowest BCUT2D eigenvalue weighted by molar-refractivity contribution is -1.05. The predicted octanol–water partition coefficient (Wildman–Crippen LogP) is 5.58. The lowest BCUT2D eigenvalue weighted by atomic mass is 9.89. The summed E-state index contributed by atoms with van der Waals surface area (Å²) in [4.78, 5) is 22.8. The molecule has 0 amide bonds. The average molecular weight is 472 g/mol. The van der Waals surface area contributed by atoms with E-state index in [2.05, 4.69) is 15.3 Å². The van der Waals surface area contributed by atoms with E-state index < -0.39 is 22.6 Å². The van der Waals surface area contributed by atoms with Gasteiger partial charge in [-0.25, -0.2) is 14.8 Å². The van der Waals surface area contributed by atoms with Crippen molar-refractivity contribution in [3.05, 3.63) is 77.4 Å². The van der Waals surface area contributed by atoms with Gasteiger partial charge in [0, 0.05) is 31.5 Å². The second kappa shape index (κ2) is 9.40. The molecule has 0 atom stereocenters. The van der Waals surface area contributed by atoms with Crippen LogP contribution in [0.4, 0.5) is 24.7 Å². The van der Waals surface area contributed by atoms with Crippen molar-refractivity contribution < 1.29 is 27.6 Å². The number of pyridine rings is 2. The number of carbonyl (C=O) groups is 1. The number of benzene rings is 1. The number of hydrogen-bond acceptors (Lipinski definition) is 6. The molecule has 0 aliphatic carbocycles. The molecule has 1 aromatic carbocycles. The average Bonchev–Trinajstić information content (AvgIpc) is 2.79. The normalized spacial score (nSPS) is 20.6. The SMILES string of the molecule is CC(=O)O[N+]1([O-])CCC(c2ccc(-c3ccc(Nc4ccc(C(F)(F)F)nc4)nc3)cc2)CC1. The molecule has 0 radical (unpaired) electrons. The molecule has 34 heavy (non-hydrogen) atoms. The Labute approximate surface area is 194 Å². The third-order valence-electron chi connectivity index (χ3n) is 5.74. The quantitative estimate of drug-likeness (QED) is 0.386. The minimum absolute atomic E-state index is 0.229. The maximum atomic E-state index is 12.6. The number of hydroxylamine groups is 4. The highest BCUT2D eigenvalue weighted by Crippen LogP contribution is 2.33. The van der Waals surface area contributed by atoms with Gasteiger partial charge in [-0.05, 0) is 41.3 Å². The van der Waals surface area contributed by atoms with Crippen molar-refractivity contribution in [2.75, 3.05) is 18.4 Å². The number of piperidine rings is 1. The molecule has 178 valence electrons. The van der Waals surface area contributed by atoms with Crippen molar-refractivity contribution >= 4 is 17.5 Å². The minimum atomic E-state index is -4.48. The molecule has 0 bridgehead atoms. The molecule has 1 aliphatic rings. The number of nitrogens with zero attached hydrogens (tertiary/aromatic N) is 3. The number of aromatic nitrogens is 2. The number of alkyl halides is 3. The zero-order valence-corrected chi connectivity index (χ0v) is 18.4. The van der Waals surface area contributed by atoms with E-state index in [1.165, 1.54) is 13.0 Å². The van der Waals surface area contributed by atoms with Crippen molar-refractivity contribution in [2.45, 2.75) is 31.9 Å². The molecule has 0 saturated carbocycles. The topological polar surface area (TPSA) is 87.2 Å². The van der Waals surface area contributed by atoms with E-state index in [9.17, 15) is 23.2 Å². The first kappa shape index (κ1) is 23.7. The Morgan fingerprint density at radius 3 is 2.21 bits per heavy atom. The number of hydrogen-bond donors (Lipinski definition) is 1. The van der Waals surface area contributed by atoms with Gasteiger partial charge in [-0.3, -0.25) is 4.84 Å². The second-order valence-corrected chi connectivity index (χ2v) is 8.23. The fraction of sp³-hybridized carbons (Fsp3) is 0.292. The Bertz CT molecular complexity index is 1130. The van der Waals surface area contributed by atoms with Crippen LogP contribution in [0.15, 0.2) is 60.9 Å². The Balaban J connectivity index is 1.37. The van der Waals surface area contributed by atoms with Crippen molar-refractivity contribution in [3.8, 4) is 11.1 Å². The summed E-state index contributed by atoms with van der Waals surface area (Å²) in [6.07, 6.45) is -0.412. The van der Waals surface area contributed by atoms with Crippen molar-refractivity contribution in [1.82, 2.24) is 9.97 Å². The molecular formula is C24H23F3N4O3. The van der Waals surface area contributed by atoms with Gasteiger partial charge in [-0.2, -0.15) is 18.0 Å². The van der Waals surface area contributed by atoms with Crippen LogP contribution in [0.2, 0.25) is 0 Å². The Kier molecular flexibility index (Phi) is 6.54. The molecule has 3 heterocycles. The molecule has 0 unspecified atom stereocenters. The molecular weight excluding hydrogens is 449 g/mol. The summed E-state index contributed by atoms with van der Waals surface area (Å²) in [7, 11) is 0. The van der Waals surface area contributed by atoms with Crippen LogP contribution in [0.3, 0.4) is 0 Å².